The molecule has 2 N–H and O–H groups in total. The van der Waals surface area contributed by atoms with Gasteiger partial charge in [-0.15, -0.1) is 12.4 Å². The topological polar surface area (TPSA) is 50.4 Å². The molecule has 1 unspecified atom stereocenters. The van der Waals surface area contributed by atoms with Crippen LogP contribution < -0.4 is 10.6 Å². The molecule has 2 rings (SSSR count). The molecule has 0 aromatic heterocycles. The normalized spacial score (nSPS) is 31.2. The molecule has 0 aromatic carbocycles. The van der Waals surface area contributed by atoms with Crippen LogP contribution in [0.1, 0.15) is 25.7 Å². The van der Waals surface area contributed by atoms with E-state index in [0.29, 0.717) is 26.0 Å². The van der Waals surface area contributed by atoms with Crippen LogP contribution in [-0.2, 0) is 9.53 Å². The third-order valence-corrected chi connectivity index (χ3v) is 3.76. The molecule has 2 aliphatic rings. The lowest BCUT2D eigenvalue weighted by molar-refractivity contribution is -0.182. The van der Waals surface area contributed by atoms with Crippen LogP contribution in [0.2, 0.25) is 0 Å². The molecule has 4 nitrogen and oxygen atoms in total. The minimum atomic E-state index is -4.11. The molecule has 1 aliphatic heterocycles. The smallest absolute Gasteiger partial charge is 0.366 e. The number of carbonyl (C=O) groups is 1. The van der Waals surface area contributed by atoms with Crippen molar-refractivity contribution in [2.45, 2.75) is 44.0 Å². The Balaban J connectivity index is 0.00000200. The van der Waals surface area contributed by atoms with E-state index in [1.807, 2.05) is 0 Å². The fourth-order valence-corrected chi connectivity index (χ4v) is 2.59. The zero-order valence-corrected chi connectivity index (χ0v) is 11.9. The maximum absolute atomic E-state index is 12.5. The molecule has 8 heteroatoms. The van der Waals surface area contributed by atoms with Gasteiger partial charge in [0.15, 0.2) is 0 Å². The number of amides is 1. The van der Waals surface area contributed by atoms with Crippen LogP contribution in [0.4, 0.5) is 13.2 Å². The predicted octanol–water partition coefficient (Wildman–Crippen LogP) is 1.63. The van der Waals surface area contributed by atoms with Gasteiger partial charge in [0.25, 0.3) is 5.91 Å². The van der Waals surface area contributed by atoms with E-state index in [1.54, 1.807) is 0 Å². The van der Waals surface area contributed by atoms with E-state index in [1.165, 1.54) is 0 Å². The van der Waals surface area contributed by atoms with Crippen molar-refractivity contribution in [3.05, 3.63) is 0 Å². The number of halogens is 4. The summed E-state index contributed by atoms with van der Waals surface area (Å²) in [5.74, 6) is -1.43. The van der Waals surface area contributed by atoms with E-state index in [0.717, 1.165) is 6.54 Å². The minimum Gasteiger partial charge on any atom is -0.366 e. The highest BCUT2D eigenvalue weighted by Crippen LogP contribution is 2.37. The van der Waals surface area contributed by atoms with Gasteiger partial charge in [-0.3, -0.25) is 4.79 Å². The second kappa shape index (κ2) is 7.47. The summed E-state index contributed by atoms with van der Waals surface area (Å²) in [5, 5.41) is 5.83. The van der Waals surface area contributed by atoms with Crippen LogP contribution in [0.5, 0.6) is 0 Å². The van der Waals surface area contributed by atoms with Crippen molar-refractivity contribution in [2.75, 3.05) is 19.7 Å². The van der Waals surface area contributed by atoms with Crippen LogP contribution in [0, 0.1) is 5.92 Å². The Morgan fingerprint density at radius 2 is 1.85 bits per heavy atom. The second-order valence-electron chi connectivity index (χ2n) is 5.16. The van der Waals surface area contributed by atoms with Crippen LogP contribution in [0.15, 0.2) is 0 Å². The molecule has 0 radical (unpaired) electrons. The summed E-state index contributed by atoms with van der Waals surface area (Å²) in [6.45, 7) is 1.67. The summed E-state index contributed by atoms with van der Waals surface area (Å²) in [7, 11) is 0. The van der Waals surface area contributed by atoms with Crippen molar-refractivity contribution in [1.29, 1.82) is 0 Å². The molecule has 0 spiro atoms. The van der Waals surface area contributed by atoms with Gasteiger partial charge in [0.05, 0.1) is 12.5 Å². The summed E-state index contributed by atoms with van der Waals surface area (Å²) >= 11 is 0. The first-order valence-electron chi connectivity index (χ1n) is 6.66. The predicted molar refractivity (Wildman–Crippen MR) is 69.8 cm³/mol. The van der Waals surface area contributed by atoms with Crippen molar-refractivity contribution >= 4 is 18.3 Å². The van der Waals surface area contributed by atoms with Gasteiger partial charge < -0.3 is 15.4 Å². The Kier molecular flexibility index (Phi) is 6.54. The Labute approximate surface area is 122 Å². The van der Waals surface area contributed by atoms with Gasteiger partial charge in [-0.25, -0.2) is 0 Å². The van der Waals surface area contributed by atoms with Crippen molar-refractivity contribution in [1.82, 2.24) is 10.6 Å². The number of ether oxygens (including phenoxy) is 1. The van der Waals surface area contributed by atoms with Gasteiger partial charge in [-0.2, -0.15) is 13.2 Å². The summed E-state index contributed by atoms with van der Waals surface area (Å²) in [5.41, 5.74) is 0. The van der Waals surface area contributed by atoms with E-state index in [4.69, 9.17) is 4.74 Å². The van der Waals surface area contributed by atoms with Gasteiger partial charge in [0, 0.05) is 19.1 Å². The lowest BCUT2D eigenvalue weighted by atomic mass is 9.85. The standard InChI is InChI=1S/C12H19F3N2O2.ClH/c13-12(14,15)8-1-3-9(4-2-8)17-11(18)10-7-16-5-6-19-10;/h8-10,16H,1-7H2,(H,17,18);1H. The highest BCUT2D eigenvalue weighted by molar-refractivity contribution is 5.85. The molecule has 1 atom stereocenters. The summed E-state index contributed by atoms with van der Waals surface area (Å²) in [6.07, 6.45) is -3.66. The SMILES string of the molecule is Cl.O=C(NC1CCC(C(F)(F)F)CC1)C1CNCCO1. The second-order valence-corrected chi connectivity index (χ2v) is 5.16. The first kappa shape index (κ1) is 17.5. The van der Waals surface area contributed by atoms with Crippen molar-refractivity contribution in [3.8, 4) is 0 Å². The monoisotopic (exact) mass is 316 g/mol. The number of alkyl halides is 3. The molecule has 0 bridgehead atoms. The van der Waals surface area contributed by atoms with Crippen LogP contribution >= 0.6 is 12.4 Å². The van der Waals surface area contributed by atoms with E-state index in [-0.39, 0.29) is 37.2 Å². The van der Waals surface area contributed by atoms with E-state index < -0.39 is 18.2 Å². The number of nitrogens with one attached hydrogen (secondary N) is 2. The minimum absolute atomic E-state index is 0. The van der Waals surface area contributed by atoms with E-state index in [9.17, 15) is 18.0 Å². The molecule has 2 fully saturated rings. The molecule has 1 saturated heterocycles. The average Bonchev–Trinajstić information content (AvgIpc) is 2.39. The first-order valence-corrected chi connectivity index (χ1v) is 6.66. The number of rotatable bonds is 2. The molecular formula is C12H20ClF3N2O2. The van der Waals surface area contributed by atoms with Gasteiger partial charge in [-0.1, -0.05) is 0 Å². The molecule has 0 aromatic rings. The lowest BCUT2D eigenvalue weighted by Gasteiger charge is -2.31. The molecule has 118 valence electrons. The molecule has 20 heavy (non-hydrogen) atoms. The maximum atomic E-state index is 12.5. The Morgan fingerprint density at radius 1 is 1.20 bits per heavy atom. The number of hydrogen-bond donors (Lipinski definition) is 2. The molecule has 1 amide bonds. The van der Waals surface area contributed by atoms with E-state index in [2.05, 4.69) is 10.6 Å². The first-order chi connectivity index (χ1) is 8.97. The highest BCUT2D eigenvalue weighted by atomic mass is 35.5. The Hall–Kier alpha value is -0.530. The van der Waals surface area contributed by atoms with Gasteiger partial charge in [0.2, 0.25) is 0 Å². The zero-order chi connectivity index (χ0) is 13.9. The number of morpholine rings is 1. The van der Waals surface area contributed by atoms with Crippen molar-refractivity contribution in [2.24, 2.45) is 5.92 Å². The molecule has 1 aliphatic carbocycles. The van der Waals surface area contributed by atoms with E-state index >= 15 is 0 Å². The zero-order valence-electron chi connectivity index (χ0n) is 11.0. The quantitative estimate of drug-likeness (QED) is 0.814. The van der Waals surface area contributed by atoms with Gasteiger partial charge in [0.1, 0.15) is 6.10 Å². The Bertz CT molecular complexity index is 314. The highest BCUT2D eigenvalue weighted by Gasteiger charge is 2.41. The fourth-order valence-electron chi connectivity index (χ4n) is 2.59. The van der Waals surface area contributed by atoms with Gasteiger partial charge >= 0.3 is 6.18 Å². The van der Waals surface area contributed by atoms with Crippen LogP contribution in [0.3, 0.4) is 0 Å². The van der Waals surface area contributed by atoms with Crippen LogP contribution in [-0.4, -0.2) is 43.9 Å². The van der Waals surface area contributed by atoms with Crippen molar-refractivity contribution in [3.63, 3.8) is 0 Å². The summed E-state index contributed by atoms with van der Waals surface area (Å²) < 4.78 is 42.8. The summed E-state index contributed by atoms with van der Waals surface area (Å²) in [4.78, 5) is 11.8. The fraction of sp³-hybridized carbons (Fsp3) is 0.917. The third kappa shape index (κ3) is 4.79. The summed E-state index contributed by atoms with van der Waals surface area (Å²) in [6, 6.07) is -0.156. The maximum Gasteiger partial charge on any atom is 0.391 e. The lowest BCUT2D eigenvalue weighted by Crippen LogP contribution is -2.51. The number of hydrogen-bond acceptors (Lipinski definition) is 3. The molecule has 1 saturated carbocycles. The van der Waals surface area contributed by atoms with Gasteiger partial charge in [-0.05, 0) is 25.7 Å². The van der Waals surface area contributed by atoms with Crippen molar-refractivity contribution < 1.29 is 22.7 Å². The average molecular weight is 317 g/mol. The van der Waals surface area contributed by atoms with Crippen LogP contribution in [0.25, 0.3) is 0 Å². The Morgan fingerprint density at radius 3 is 2.35 bits per heavy atom. The molecular weight excluding hydrogens is 297 g/mol. The molecule has 1 heterocycles. The third-order valence-electron chi connectivity index (χ3n) is 3.76. The number of carbonyl (C=O) groups excluding carboxylic acids is 1. The largest absolute Gasteiger partial charge is 0.391 e.